The average molecular weight is 552 g/mol. The van der Waals surface area contributed by atoms with Gasteiger partial charge in [0.2, 0.25) is 0 Å². The van der Waals surface area contributed by atoms with Gasteiger partial charge in [-0.3, -0.25) is 4.79 Å². The highest BCUT2D eigenvalue weighted by Gasteiger charge is 2.73. The van der Waals surface area contributed by atoms with Crippen LogP contribution in [-0.4, -0.2) is 79.7 Å². The maximum atomic E-state index is 13.2. The summed E-state index contributed by atoms with van der Waals surface area (Å²) in [7, 11) is 0. The fourth-order valence-electron chi connectivity index (χ4n) is 7.09. The molecule has 3 heterocycles. The zero-order chi connectivity index (χ0) is 27.6. The highest BCUT2D eigenvalue weighted by molar-refractivity contribution is 5.90. The lowest BCUT2D eigenvalue weighted by Crippen LogP contribution is -2.77. The number of nitrogens with zero attached hydrogens (tertiary/aromatic N) is 3. The highest BCUT2D eigenvalue weighted by Crippen LogP contribution is 2.65. The summed E-state index contributed by atoms with van der Waals surface area (Å²) in [5, 5.41) is 36.0. The minimum Gasteiger partial charge on any atom is -0.504 e. The molecule has 1 unspecified atom stereocenters. The first kappa shape index (κ1) is 26.0. The van der Waals surface area contributed by atoms with E-state index in [0.29, 0.717) is 43.4 Å². The molecule has 2 aliphatic heterocycles. The van der Waals surface area contributed by atoms with E-state index in [1.54, 1.807) is 0 Å². The number of ether oxygens (including phenoxy) is 2. The van der Waals surface area contributed by atoms with Gasteiger partial charge in [-0.15, -0.1) is 10.2 Å². The molecule has 14 heteroatoms. The van der Waals surface area contributed by atoms with Crippen molar-refractivity contribution in [1.29, 1.82) is 0 Å². The van der Waals surface area contributed by atoms with Crippen LogP contribution in [0.5, 0.6) is 11.5 Å². The number of phenolic OH excluding ortho intramolecular Hbond substituents is 1. The number of tetrazole rings is 1. The third kappa shape index (κ3) is 4.06. The Balaban J connectivity index is 0.000000353. The molecule has 1 aromatic carbocycles. The molecule has 2 bridgehead atoms. The lowest BCUT2D eigenvalue weighted by molar-refractivity contribution is -0.192. The predicted molar refractivity (Wildman–Crippen MR) is 125 cm³/mol. The van der Waals surface area contributed by atoms with Crippen LogP contribution in [-0.2, 0) is 39.0 Å². The number of rotatable bonds is 6. The maximum absolute atomic E-state index is 13.2. The molecular weight excluding hydrogens is 523 g/mol. The van der Waals surface area contributed by atoms with Crippen LogP contribution in [0.15, 0.2) is 6.07 Å². The number of nitrogens with one attached hydrogen (secondary N) is 2. The Morgan fingerprint density at radius 3 is 2.72 bits per heavy atom. The normalized spacial score (nSPS) is 30.2. The smallest absolute Gasteiger partial charge is 0.490 e. The molecule has 5 aliphatic rings. The molecule has 0 radical (unpaired) electrons. The summed E-state index contributed by atoms with van der Waals surface area (Å²) in [6.07, 6.45) is 1.04. The summed E-state index contributed by atoms with van der Waals surface area (Å²) in [4.78, 5) is 22.1. The van der Waals surface area contributed by atoms with Gasteiger partial charge in [-0.2, -0.15) is 18.4 Å². The highest BCUT2D eigenvalue weighted by atomic mass is 19.4. The van der Waals surface area contributed by atoms with Crippen LogP contribution in [0.25, 0.3) is 0 Å². The number of aromatic nitrogens is 4. The van der Waals surface area contributed by atoms with E-state index in [0.717, 1.165) is 31.4 Å². The number of Topliss-reactive ketones (excluding diaryl/α,β-unsaturated/α-hetero) is 1. The Morgan fingerprint density at radius 1 is 1.28 bits per heavy atom. The van der Waals surface area contributed by atoms with Crippen molar-refractivity contribution in [2.45, 2.75) is 80.7 Å². The van der Waals surface area contributed by atoms with E-state index in [1.165, 1.54) is 24.0 Å². The van der Waals surface area contributed by atoms with Crippen LogP contribution < -0.4 is 10.1 Å². The molecule has 4 N–H and O–H groups in total. The number of H-pyrrole nitrogens is 1. The number of carboxylic acid groups (broad SMARTS) is 1. The minimum atomic E-state index is -5.08. The first-order valence-electron chi connectivity index (χ1n) is 13.0. The summed E-state index contributed by atoms with van der Waals surface area (Å²) >= 11 is 0. The van der Waals surface area contributed by atoms with E-state index < -0.39 is 29.3 Å². The summed E-state index contributed by atoms with van der Waals surface area (Å²) in [5.74, 6) is -0.620. The van der Waals surface area contributed by atoms with Crippen molar-refractivity contribution >= 4 is 11.8 Å². The SMILES string of the molecule is O=C(O)C(F)(F)F.O=C1CCC2(OCCc3nn[nH]n3)[C@H]3Cc4c(CC5CC5)cc(O)c5c4[C@@]2(CCN3)[C@H]1O5. The van der Waals surface area contributed by atoms with E-state index in [-0.39, 0.29) is 17.6 Å². The van der Waals surface area contributed by atoms with E-state index >= 15 is 0 Å². The quantitative estimate of drug-likeness (QED) is 0.417. The summed E-state index contributed by atoms with van der Waals surface area (Å²) in [5.41, 5.74) is 2.44. The Morgan fingerprint density at radius 2 is 2.05 bits per heavy atom. The summed E-state index contributed by atoms with van der Waals surface area (Å²) < 4.78 is 44.9. The molecule has 1 spiro atoms. The lowest BCUT2D eigenvalue weighted by atomic mass is 9.49. The molecule has 1 saturated heterocycles. The number of benzene rings is 1. The Bertz CT molecular complexity index is 1300. The second-order valence-electron chi connectivity index (χ2n) is 10.9. The number of carbonyl (C=O) groups is 2. The van der Waals surface area contributed by atoms with Gasteiger partial charge in [-0.25, -0.2) is 4.79 Å². The molecule has 210 valence electrons. The zero-order valence-corrected chi connectivity index (χ0v) is 20.9. The topological polar surface area (TPSA) is 160 Å². The third-order valence-corrected chi connectivity index (χ3v) is 8.78. The van der Waals surface area contributed by atoms with Crippen molar-refractivity contribution in [1.82, 2.24) is 25.9 Å². The first-order valence-corrected chi connectivity index (χ1v) is 13.0. The van der Waals surface area contributed by atoms with E-state index in [2.05, 4.69) is 25.9 Å². The third-order valence-electron chi connectivity index (χ3n) is 8.78. The number of piperidine rings is 1. The van der Waals surface area contributed by atoms with Gasteiger partial charge in [0, 0.05) is 24.4 Å². The number of carboxylic acids is 1. The number of ketones is 1. The molecule has 4 atom stereocenters. The zero-order valence-electron chi connectivity index (χ0n) is 20.9. The molecule has 2 saturated carbocycles. The molecular formula is C25H28F3N5O6. The van der Waals surface area contributed by atoms with Crippen molar-refractivity contribution < 1.29 is 42.4 Å². The monoisotopic (exact) mass is 551 g/mol. The van der Waals surface area contributed by atoms with Crippen LogP contribution in [0.4, 0.5) is 13.2 Å². The number of halogens is 3. The van der Waals surface area contributed by atoms with E-state index in [9.17, 15) is 23.1 Å². The largest absolute Gasteiger partial charge is 0.504 e. The molecule has 1 aromatic heterocycles. The second-order valence-corrected chi connectivity index (χ2v) is 10.9. The fraction of sp³-hybridized carbons (Fsp3) is 0.640. The van der Waals surface area contributed by atoms with Crippen molar-refractivity contribution in [3.8, 4) is 11.5 Å². The molecule has 3 fully saturated rings. The van der Waals surface area contributed by atoms with Crippen LogP contribution >= 0.6 is 0 Å². The van der Waals surface area contributed by atoms with E-state index in [4.69, 9.17) is 19.4 Å². The molecule has 3 aliphatic carbocycles. The van der Waals surface area contributed by atoms with Crippen molar-refractivity contribution in [2.75, 3.05) is 13.2 Å². The van der Waals surface area contributed by atoms with Crippen LogP contribution in [0.2, 0.25) is 0 Å². The Hall–Kier alpha value is -3.26. The van der Waals surface area contributed by atoms with Gasteiger partial charge < -0.3 is 25.0 Å². The Kier molecular flexibility index (Phi) is 6.10. The molecule has 2 aromatic rings. The number of alkyl halides is 3. The summed E-state index contributed by atoms with van der Waals surface area (Å²) in [6.45, 7) is 1.25. The van der Waals surface area contributed by atoms with Crippen LogP contribution in [0.3, 0.4) is 0 Å². The van der Waals surface area contributed by atoms with Crippen molar-refractivity contribution in [3.05, 3.63) is 28.6 Å². The predicted octanol–water partition coefficient (Wildman–Crippen LogP) is 1.77. The van der Waals surface area contributed by atoms with Gasteiger partial charge in [0.05, 0.1) is 17.6 Å². The van der Waals surface area contributed by atoms with Crippen LogP contribution in [0, 0.1) is 5.92 Å². The number of hydrogen-bond acceptors (Lipinski definition) is 9. The first-order chi connectivity index (χ1) is 18.6. The van der Waals surface area contributed by atoms with Crippen molar-refractivity contribution in [2.24, 2.45) is 5.92 Å². The fourth-order valence-corrected chi connectivity index (χ4v) is 7.09. The lowest BCUT2D eigenvalue weighted by Gasteiger charge is -2.62. The number of carbonyl (C=O) groups excluding carboxylic acids is 1. The van der Waals surface area contributed by atoms with Gasteiger partial charge in [-0.05, 0) is 68.2 Å². The van der Waals surface area contributed by atoms with Gasteiger partial charge >= 0.3 is 12.1 Å². The number of aromatic amines is 1. The van der Waals surface area contributed by atoms with Gasteiger partial charge in [0.1, 0.15) is 0 Å². The Labute approximate surface area is 220 Å². The van der Waals surface area contributed by atoms with Gasteiger partial charge in [0.15, 0.2) is 29.2 Å². The average Bonchev–Trinajstić information content (AvgIpc) is 3.39. The molecule has 11 nitrogen and oxygen atoms in total. The van der Waals surface area contributed by atoms with Crippen molar-refractivity contribution in [3.63, 3.8) is 0 Å². The summed E-state index contributed by atoms with van der Waals surface area (Å²) in [6, 6.07) is 1.99. The van der Waals surface area contributed by atoms with E-state index in [1.807, 2.05) is 6.07 Å². The molecule has 0 amide bonds. The molecule has 7 rings (SSSR count). The van der Waals surface area contributed by atoms with Crippen LogP contribution in [0.1, 0.15) is 54.6 Å². The standard InChI is InChI=1S/C23H27N5O4.C2HF3O2/c29-15-3-5-23(31-8-4-18-25-27-28-26-18)17-11-14-13(9-12-1-2-12)10-16(30)20-19(14)22(23,6-7-24-17)21(15)32-20;3-2(4,5)1(6)7/h10,12,17,21,24,30H,1-9,11H2,(H,25,26,27,28);(H,6,7)/t17-,21+,22+,23?;/m1./s1. The number of hydrogen-bond donors (Lipinski definition) is 4. The minimum absolute atomic E-state index is 0.0988. The second kappa shape index (κ2) is 9.15. The number of aliphatic carboxylic acids is 1. The number of aromatic hydroxyl groups is 1. The molecule has 39 heavy (non-hydrogen) atoms. The van der Waals surface area contributed by atoms with Gasteiger partial charge in [0.25, 0.3) is 0 Å². The van der Waals surface area contributed by atoms with Gasteiger partial charge in [-0.1, -0.05) is 5.21 Å². The number of phenols is 1. The maximum Gasteiger partial charge on any atom is 0.490 e.